The third-order valence-electron chi connectivity index (χ3n) is 3.31. The van der Waals surface area contributed by atoms with Crippen molar-refractivity contribution in [2.45, 2.75) is 4.90 Å². The van der Waals surface area contributed by atoms with Crippen LogP contribution in [0.15, 0.2) is 63.9 Å². The molecule has 3 rings (SSSR count). The third kappa shape index (κ3) is 4.49. The van der Waals surface area contributed by atoms with Gasteiger partial charge in [-0.25, -0.2) is 0 Å². The Labute approximate surface area is 154 Å². The lowest BCUT2D eigenvalue weighted by molar-refractivity contribution is -0.112. The number of carbonyl (C=O) groups is 1. The van der Waals surface area contributed by atoms with Crippen LogP contribution in [0.3, 0.4) is 0 Å². The van der Waals surface area contributed by atoms with Gasteiger partial charge in [0.05, 0.1) is 0 Å². The molecular weight excluding hydrogens is 358 g/mol. The van der Waals surface area contributed by atoms with E-state index in [4.69, 9.17) is 16.0 Å². The van der Waals surface area contributed by atoms with Crippen molar-refractivity contribution < 1.29 is 9.21 Å². The molecule has 0 aliphatic rings. The van der Waals surface area contributed by atoms with Crippen LogP contribution in [0.25, 0.3) is 17.5 Å². The molecule has 7 heteroatoms. The van der Waals surface area contributed by atoms with Crippen molar-refractivity contribution in [1.29, 1.82) is 0 Å². The number of anilines is 1. The Balaban J connectivity index is 1.66. The summed E-state index contributed by atoms with van der Waals surface area (Å²) < 4.78 is 5.47. The number of nitrogens with zero attached hydrogens (tertiary/aromatic N) is 2. The minimum absolute atomic E-state index is 0.0396. The number of rotatable bonds is 5. The van der Waals surface area contributed by atoms with E-state index >= 15 is 0 Å². The fraction of sp³-hybridized carbons (Fsp3) is 0.0556. The highest BCUT2D eigenvalue weighted by molar-refractivity contribution is 7.98. The van der Waals surface area contributed by atoms with E-state index in [9.17, 15) is 4.79 Å². The Morgan fingerprint density at radius 2 is 1.92 bits per heavy atom. The van der Waals surface area contributed by atoms with Gasteiger partial charge in [-0.05, 0) is 48.2 Å². The van der Waals surface area contributed by atoms with Gasteiger partial charge in [0.2, 0.25) is 5.89 Å². The molecule has 0 aliphatic carbocycles. The first-order valence-electron chi connectivity index (χ1n) is 7.37. The number of thioether (sulfide) groups is 1. The van der Waals surface area contributed by atoms with Gasteiger partial charge in [0, 0.05) is 21.6 Å². The number of hydrogen-bond donors (Lipinski definition) is 1. The summed E-state index contributed by atoms with van der Waals surface area (Å²) in [6, 6.07) is 15.0. The fourth-order valence-corrected chi connectivity index (χ4v) is 2.65. The van der Waals surface area contributed by atoms with Crippen LogP contribution in [0.1, 0.15) is 5.56 Å². The Morgan fingerprint density at radius 3 is 2.64 bits per heavy atom. The molecule has 0 fully saturated rings. The summed E-state index contributed by atoms with van der Waals surface area (Å²) in [7, 11) is 0. The maximum absolute atomic E-state index is 12.0. The average molecular weight is 372 g/mol. The van der Waals surface area contributed by atoms with Gasteiger partial charge in [-0.3, -0.25) is 10.1 Å². The van der Waals surface area contributed by atoms with Gasteiger partial charge in [0.15, 0.2) is 0 Å². The summed E-state index contributed by atoms with van der Waals surface area (Å²) in [5, 5.41) is 10.9. The molecule has 25 heavy (non-hydrogen) atoms. The highest BCUT2D eigenvalue weighted by Gasteiger charge is 2.10. The molecule has 1 amide bonds. The summed E-state index contributed by atoms with van der Waals surface area (Å²) in [5.41, 5.74) is 1.54. The molecule has 5 nitrogen and oxygen atoms in total. The highest BCUT2D eigenvalue weighted by Crippen LogP contribution is 2.23. The molecule has 0 saturated heterocycles. The zero-order valence-corrected chi connectivity index (χ0v) is 14.8. The van der Waals surface area contributed by atoms with E-state index in [1.54, 1.807) is 23.9 Å². The van der Waals surface area contributed by atoms with Crippen LogP contribution in [0, 0.1) is 0 Å². The van der Waals surface area contributed by atoms with Crippen LogP contribution in [0.2, 0.25) is 5.02 Å². The van der Waals surface area contributed by atoms with Crippen molar-refractivity contribution in [2.24, 2.45) is 0 Å². The molecule has 0 unspecified atom stereocenters. The Kier molecular flexibility index (Phi) is 5.53. The van der Waals surface area contributed by atoms with E-state index in [2.05, 4.69) is 15.5 Å². The summed E-state index contributed by atoms with van der Waals surface area (Å²) >= 11 is 7.69. The first-order chi connectivity index (χ1) is 12.2. The molecule has 0 bridgehead atoms. The molecular formula is C18H14ClN3O2S. The molecule has 3 aromatic rings. The van der Waals surface area contributed by atoms with Crippen LogP contribution >= 0.6 is 23.4 Å². The maximum Gasteiger partial charge on any atom is 0.322 e. The van der Waals surface area contributed by atoms with E-state index in [0.717, 1.165) is 16.0 Å². The van der Waals surface area contributed by atoms with Gasteiger partial charge >= 0.3 is 6.01 Å². The number of halogens is 1. The monoisotopic (exact) mass is 371 g/mol. The standard InChI is InChI=1S/C18H14ClN3O2S/c1-25-14-9-6-13(7-10-14)17-21-22-18(24-17)20-16(23)11-8-12-4-2-3-5-15(12)19/h2-11H,1H3,(H,20,22,23). The molecule has 0 radical (unpaired) electrons. The molecule has 0 saturated carbocycles. The zero-order valence-electron chi connectivity index (χ0n) is 13.3. The van der Waals surface area contributed by atoms with Crippen LogP contribution in [0.5, 0.6) is 0 Å². The van der Waals surface area contributed by atoms with Crippen LogP contribution in [-0.4, -0.2) is 22.4 Å². The largest absolute Gasteiger partial charge is 0.403 e. The molecule has 0 aliphatic heterocycles. The third-order valence-corrected chi connectivity index (χ3v) is 4.40. The molecule has 1 N–H and O–H groups in total. The SMILES string of the molecule is CSc1ccc(-c2nnc(NC(=O)C=Cc3ccccc3Cl)o2)cc1. The predicted octanol–water partition coefficient (Wildman–Crippen LogP) is 4.76. The minimum atomic E-state index is -0.382. The number of hydrogen-bond acceptors (Lipinski definition) is 5. The lowest BCUT2D eigenvalue weighted by Crippen LogP contribution is -2.07. The second-order valence-corrected chi connectivity index (χ2v) is 6.27. The zero-order chi connectivity index (χ0) is 17.6. The fourth-order valence-electron chi connectivity index (χ4n) is 2.05. The van der Waals surface area contributed by atoms with Crippen molar-refractivity contribution in [1.82, 2.24) is 10.2 Å². The number of aromatic nitrogens is 2. The topological polar surface area (TPSA) is 68.0 Å². The molecule has 1 heterocycles. The van der Waals surface area contributed by atoms with Crippen LogP contribution in [-0.2, 0) is 4.79 Å². The Hall–Kier alpha value is -2.57. The molecule has 1 aromatic heterocycles. The van der Waals surface area contributed by atoms with Gasteiger partial charge in [-0.1, -0.05) is 34.9 Å². The highest BCUT2D eigenvalue weighted by atomic mass is 35.5. The van der Waals surface area contributed by atoms with Gasteiger partial charge in [-0.2, -0.15) is 0 Å². The number of carbonyl (C=O) groups excluding carboxylic acids is 1. The Morgan fingerprint density at radius 1 is 1.16 bits per heavy atom. The maximum atomic E-state index is 12.0. The van der Waals surface area contributed by atoms with Gasteiger partial charge in [0.25, 0.3) is 5.91 Å². The lowest BCUT2D eigenvalue weighted by atomic mass is 10.2. The lowest BCUT2D eigenvalue weighted by Gasteiger charge is -1.98. The first-order valence-corrected chi connectivity index (χ1v) is 8.97. The predicted molar refractivity (Wildman–Crippen MR) is 101 cm³/mol. The van der Waals surface area contributed by atoms with Gasteiger partial charge < -0.3 is 4.42 Å². The summed E-state index contributed by atoms with van der Waals surface area (Å²) in [6.07, 6.45) is 4.99. The smallest absolute Gasteiger partial charge is 0.322 e. The molecule has 0 spiro atoms. The van der Waals surface area contributed by atoms with Gasteiger partial charge in [0.1, 0.15) is 0 Å². The van der Waals surface area contributed by atoms with Crippen molar-refractivity contribution in [2.75, 3.05) is 11.6 Å². The average Bonchev–Trinajstić information content (AvgIpc) is 3.09. The second kappa shape index (κ2) is 8.00. The van der Waals surface area contributed by atoms with E-state index in [0.29, 0.717) is 10.9 Å². The van der Waals surface area contributed by atoms with Crippen molar-refractivity contribution in [3.8, 4) is 11.5 Å². The quantitative estimate of drug-likeness (QED) is 0.517. The van der Waals surface area contributed by atoms with E-state index in [1.165, 1.54) is 6.08 Å². The number of amides is 1. The Bertz CT molecular complexity index is 907. The van der Waals surface area contributed by atoms with Gasteiger partial charge in [-0.15, -0.1) is 16.9 Å². The minimum Gasteiger partial charge on any atom is -0.403 e. The molecule has 2 aromatic carbocycles. The van der Waals surface area contributed by atoms with Crippen LogP contribution < -0.4 is 5.32 Å². The van der Waals surface area contributed by atoms with Crippen LogP contribution in [0.4, 0.5) is 6.01 Å². The summed E-state index contributed by atoms with van der Waals surface area (Å²) in [5.74, 6) is -0.0362. The van der Waals surface area contributed by atoms with E-state index in [1.807, 2.05) is 48.7 Å². The van der Waals surface area contributed by atoms with Crippen molar-refractivity contribution >= 4 is 41.4 Å². The van der Waals surface area contributed by atoms with E-state index < -0.39 is 0 Å². The number of benzene rings is 2. The summed E-state index contributed by atoms with van der Waals surface area (Å²) in [6.45, 7) is 0. The number of nitrogens with one attached hydrogen (secondary N) is 1. The summed E-state index contributed by atoms with van der Waals surface area (Å²) in [4.78, 5) is 13.1. The normalized spacial score (nSPS) is 11.0. The van der Waals surface area contributed by atoms with Crippen molar-refractivity contribution in [3.05, 3.63) is 65.2 Å². The van der Waals surface area contributed by atoms with Crippen molar-refractivity contribution in [3.63, 3.8) is 0 Å². The second-order valence-electron chi connectivity index (χ2n) is 4.98. The first kappa shape index (κ1) is 17.3. The molecule has 126 valence electrons. The van der Waals surface area contributed by atoms with E-state index in [-0.39, 0.29) is 11.9 Å². The molecule has 0 atom stereocenters.